The third kappa shape index (κ3) is 3.99. The molecule has 0 aliphatic carbocycles. The van der Waals surface area contributed by atoms with Crippen LogP contribution in [-0.2, 0) is 17.6 Å². The largest absolute Gasteiger partial charge is 0.376 e. The van der Waals surface area contributed by atoms with Crippen molar-refractivity contribution in [3.05, 3.63) is 29.3 Å². The Bertz CT molecular complexity index is 462. The fraction of sp³-hybridized carbons (Fsp3) is 0.611. The molecule has 1 heterocycles. The van der Waals surface area contributed by atoms with Gasteiger partial charge in [-0.2, -0.15) is 0 Å². The van der Waals surface area contributed by atoms with Crippen molar-refractivity contribution in [3.63, 3.8) is 0 Å². The highest BCUT2D eigenvalue weighted by molar-refractivity contribution is 5.81. The van der Waals surface area contributed by atoms with E-state index in [-0.39, 0.29) is 5.91 Å². The first-order valence-electron chi connectivity index (χ1n) is 8.28. The summed E-state index contributed by atoms with van der Waals surface area (Å²) in [6.07, 6.45) is 4.37. The number of likely N-dealkylation sites (tertiary alicyclic amines) is 1. The van der Waals surface area contributed by atoms with Crippen LogP contribution >= 0.6 is 0 Å². The summed E-state index contributed by atoms with van der Waals surface area (Å²) in [6, 6.07) is 6.40. The van der Waals surface area contributed by atoms with E-state index in [1.165, 1.54) is 23.2 Å². The molecule has 1 aromatic carbocycles. The summed E-state index contributed by atoms with van der Waals surface area (Å²) in [5.41, 5.74) is 3.77. The lowest BCUT2D eigenvalue weighted by molar-refractivity contribution is -0.130. The molecule has 1 fully saturated rings. The first kappa shape index (κ1) is 15.9. The zero-order valence-corrected chi connectivity index (χ0v) is 13.6. The molecule has 116 valence electrons. The Morgan fingerprint density at radius 3 is 2.52 bits per heavy atom. The Morgan fingerprint density at radius 2 is 1.95 bits per heavy atom. The van der Waals surface area contributed by atoms with Gasteiger partial charge in [-0.25, -0.2) is 0 Å². The highest BCUT2D eigenvalue weighted by Crippen LogP contribution is 2.22. The number of hydrogen-bond acceptors (Lipinski definition) is 2. The number of nitrogens with zero attached hydrogens (tertiary/aromatic N) is 1. The maximum absolute atomic E-state index is 12.4. The molecule has 1 aliphatic rings. The third-order valence-corrected chi connectivity index (χ3v) is 4.42. The van der Waals surface area contributed by atoms with E-state index < -0.39 is 0 Å². The van der Waals surface area contributed by atoms with Gasteiger partial charge in [0, 0.05) is 18.8 Å². The summed E-state index contributed by atoms with van der Waals surface area (Å²) >= 11 is 0. The Balaban J connectivity index is 2.00. The fourth-order valence-corrected chi connectivity index (χ4v) is 3.16. The van der Waals surface area contributed by atoms with E-state index >= 15 is 0 Å². The molecule has 0 aromatic heterocycles. The molecule has 3 heteroatoms. The summed E-state index contributed by atoms with van der Waals surface area (Å²) < 4.78 is 0. The normalized spacial score (nSPS) is 18.6. The van der Waals surface area contributed by atoms with E-state index in [2.05, 4.69) is 44.3 Å². The number of anilines is 1. The SMILES string of the molecule is CCc1cccc(CC)c1NCC(=O)N1CCCC(C)C1. The van der Waals surface area contributed by atoms with E-state index in [1.807, 2.05) is 4.90 Å². The minimum atomic E-state index is 0.231. The highest BCUT2D eigenvalue weighted by atomic mass is 16.2. The minimum absolute atomic E-state index is 0.231. The second-order valence-corrected chi connectivity index (χ2v) is 6.10. The standard InChI is InChI=1S/C18H28N2O/c1-4-15-9-6-10-16(5-2)18(15)19-12-17(21)20-11-7-8-14(3)13-20/h6,9-10,14,19H,4-5,7-8,11-13H2,1-3H3. The van der Waals surface area contributed by atoms with Crippen LogP contribution in [0, 0.1) is 5.92 Å². The van der Waals surface area contributed by atoms with Crippen molar-refractivity contribution in [1.29, 1.82) is 0 Å². The second kappa shape index (κ2) is 7.48. The number of piperidine rings is 1. The Morgan fingerprint density at radius 1 is 1.29 bits per heavy atom. The van der Waals surface area contributed by atoms with Crippen LogP contribution in [0.1, 0.15) is 44.7 Å². The molecule has 1 unspecified atom stereocenters. The van der Waals surface area contributed by atoms with Crippen LogP contribution in [-0.4, -0.2) is 30.4 Å². The van der Waals surface area contributed by atoms with Crippen LogP contribution < -0.4 is 5.32 Å². The van der Waals surface area contributed by atoms with Crippen molar-refractivity contribution in [1.82, 2.24) is 4.90 Å². The van der Waals surface area contributed by atoms with Crippen LogP contribution in [0.5, 0.6) is 0 Å². The lowest BCUT2D eigenvalue weighted by Gasteiger charge is -2.31. The van der Waals surface area contributed by atoms with Gasteiger partial charge >= 0.3 is 0 Å². The molecule has 21 heavy (non-hydrogen) atoms. The topological polar surface area (TPSA) is 32.3 Å². The molecule has 0 saturated carbocycles. The van der Waals surface area contributed by atoms with E-state index in [0.29, 0.717) is 12.5 Å². The van der Waals surface area contributed by atoms with E-state index in [1.54, 1.807) is 0 Å². The van der Waals surface area contributed by atoms with Crippen molar-refractivity contribution >= 4 is 11.6 Å². The van der Waals surface area contributed by atoms with Crippen molar-refractivity contribution < 1.29 is 4.79 Å². The summed E-state index contributed by atoms with van der Waals surface area (Å²) in [6.45, 7) is 8.80. The fourth-order valence-electron chi connectivity index (χ4n) is 3.16. The van der Waals surface area contributed by atoms with Gasteiger partial charge in [0.1, 0.15) is 0 Å². The predicted octanol–water partition coefficient (Wildman–Crippen LogP) is 3.48. The van der Waals surface area contributed by atoms with Gasteiger partial charge in [-0.1, -0.05) is 39.0 Å². The van der Waals surface area contributed by atoms with Gasteiger partial charge in [-0.3, -0.25) is 4.79 Å². The molecular formula is C18H28N2O. The molecule has 1 N–H and O–H groups in total. The molecule has 3 nitrogen and oxygen atoms in total. The van der Waals surface area contributed by atoms with Gasteiger partial charge < -0.3 is 10.2 Å². The lowest BCUT2D eigenvalue weighted by atomic mass is 10.0. The first-order chi connectivity index (χ1) is 10.2. The number of para-hydroxylation sites is 1. The number of rotatable bonds is 5. The molecule has 1 aromatic rings. The molecule has 2 rings (SSSR count). The first-order valence-corrected chi connectivity index (χ1v) is 8.28. The number of carbonyl (C=O) groups is 1. The molecule has 1 aliphatic heterocycles. The van der Waals surface area contributed by atoms with Gasteiger partial charge in [-0.15, -0.1) is 0 Å². The lowest BCUT2D eigenvalue weighted by Crippen LogP contribution is -2.42. The van der Waals surface area contributed by atoms with Gasteiger partial charge in [0.15, 0.2) is 0 Å². The van der Waals surface area contributed by atoms with Gasteiger partial charge in [-0.05, 0) is 42.7 Å². The van der Waals surface area contributed by atoms with Crippen LogP contribution in [0.3, 0.4) is 0 Å². The van der Waals surface area contributed by atoms with Gasteiger partial charge in [0.05, 0.1) is 6.54 Å². The highest BCUT2D eigenvalue weighted by Gasteiger charge is 2.20. The number of nitrogens with one attached hydrogen (secondary N) is 1. The van der Waals surface area contributed by atoms with Gasteiger partial charge in [0.25, 0.3) is 0 Å². The Kier molecular flexibility index (Phi) is 5.66. The van der Waals surface area contributed by atoms with E-state index in [4.69, 9.17) is 0 Å². The molecule has 0 spiro atoms. The number of amides is 1. The van der Waals surface area contributed by atoms with Crippen molar-refractivity contribution in [3.8, 4) is 0 Å². The Hall–Kier alpha value is -1.51. The maximum atomic E-state index is 12.4. The minimum Gasteiger partial charge on any atom is -0.376 e. The molecule has 1 amide bonds. The summed E-state index contributed by atoms with van der Waals surface area (Å²) in [7, 11) is 0. The van der Waals surface area contributed by atoms with E-state index in [0.717, 1.165) is 32.4 Å². The summed E-state index contributed by atoms with van der Waals surface area (Å²) in [4.78, 5) is 14.4. The van der Waals surface area contributed by atoms with Crippen LogP contribution in [0.2, 0.25) is 0 Å². The van der Waals surface area contributed by atoms with Crippen LogP contribution in [0.4, 0.5) is 5.69 Å². The predicted molar refractivity (Wildman–Crippen MR) is 88.7 cm³/mol. The van der Waals surface area contributed by atoms with Crippen LogP contribution in [0.25, 0.3) is 0 Å². The Labute approximate surface area is 128 Å². The number of aryl methyl sites for hydroxylation is 2. The summed E-state index contributed by atoms with van der Waals surface area (Å²) in [5, 5.41) is 3.40. The quantitative estimate of drug-likeness (QED) is 0.899. The molecule has 1 saturated heterocycles. The molecule has 0 radical (unpaired) electrons. The van der Waals surface area contributed by atoms with Gasteiger partial charge in [0.2, 0.25) is 5.91 Å². The maximum Gasteiger partial charge on any atom is 0.241 e. The molecule has 1 atom stereocenters. The average molecular weight is 288 g/mol. The van der Waals surface area contributed by atoms with E-state index in [9.17, 15) is 4.79 Å². The van der Waals surface area contributed by atoms with Crippen molar-refractivity contribution in [2.75, 3.05) is 25.0 Å². The third-order valence-electron chi connectivity index (χ3n) is 4.42. The molecular weight excluding hydrogens is 260 g/mol. The van der Waals surface area contributed by atoms with Crippen molar-refractivity contribution in [2.45, 2.75) is 46.5 Å². The zero-order chi connectivity index (χ0) is 15.2. The average Bonchev–Trinajstić information content (AvgIpc) is 2.52. The number of carbonyl (C=O) groups excluding carboxylic acids is 1. The second-order valence-electron chi connectivity index (χ2n) is 6.10. The van der Waals surface area contributed by atoms with Crippen molar-refractivity contribution in [2.24, 2.45) is 5.92 Å². The molecule has 0 bridgehead atoms. The monoisotopic (exact) mass is 288 g/mol. The number of benzene rings is 1. The summed E-state index contributed by atoms with van der Waals surface area (Å²) in [5.74, 6) is 0.867. The smallest absolute Gasteiger partial charge is 0.241 e. The number of hydrogen-bond donors (Lipinski definition) is 1. The zero-order valence-electron chi connectivity index (χ0n) is 13.6. The van der Waals surface area contributed by atoms with Crippen LogP contribution in [0.15, 0.2) is 18.2 Å².